The molecule has 2 aromatic rings. The van der Waals surface area contributed by atoms with Crippen molar-refractivity contribution in [2.75, 3.05) is 40.5 Å². The molecule has 1 amide bonds. The van der Waals surface area contributed by atoms with Crippen molar-refractivity contribution in [3.63, 3.8) is 0 Å². The van der Waals surface area contributed by atoms with Crippen LogP contribution in [0, 0.1) is 0 Å². The first-order chi connectivity index (χ1) is 14.4. The fourth-order valence-electron chi connectivity index (χ4n) is 3.31. The van der Waals surface area contributed by atoms with Crippen LogP contribution in [0.5, 0.6) is 5.75 Å². The third-order valence-corrected chi connectivity index (χ3v) is 6.42. The number of nitrogens with zero attached hydrogens (tertiary/aromatic N) is 1. The van der Waals surface area contributed by atoms with Crippen molar-refractivity contribution in [3.05, 3.63) is 59.2 Å². The fourth-order valence-corrected chi connectivity index (χ4v) is 4.34. The second-order valence-electron chi connectivity index (χ2n) is 6.92. The largest absolute Gasteiger partial charge is 0.496 e. The molecule has 0 radical (unpaired) electrons. The highest BCUT2D eigenvalue weighted by Gasteiger charge is 2.20. The number of nitrogens with one attached hydrogen (secondary N) is 2. The molecule has 2 N–H and O–H groups in total. The van der Waals surface area contributed by atoms with Crippen molar-refractivity contribution < 1.29 is 22.7 Å². The maximum absolute atomic E-state index is 12.9. The SMILES string of the molecule is CNC(=O)c1cc(S(=O)(=O)NCc2ccccc2CN2CCOCC2)ccc1OC. The zero-order valence-corrected chi connectivity index (χ0v) is 18.0. The molecule has 0 spiro atoms. The summed E-state index contributed by atoms with van der Waals surface area (Å²) < 4.78 is 38.9. The number of ether oxygens (including phenoxy) is 2. The first kappa shape index (κ1) is 22.2. The van der Waals surface area contributed by atoms with Crippen molar-refractivity contribution in [3.8, 4) is 5.75 Å². The van der Waals surface area contributed by atoms with E-state index in [0.717, 1.165) is 30.8 Å². The zero-order valence-electron chi connectivity index (χ0n) is 17.2. The minimum Gasteiger partial charge on any atom is -0.496 e. The van der Waals surface area contributed by atoms with Gasteiger partial charge in [0.2, 0.25) is 10.0 Å². The molecule has 162 valence electrons. The van der Waals surface area contributed by atoms with Gasteiger partial charge in [-0.15, -0.1) is 0 Å². The summed E-state index contributed by atoms with van der Waals surface area (Å²) in [4.78, 5) is 14.4. The first-order valence-electron chi connectivity index (χ1n) is 9.71. The summed E-state index contributed by atoms with van der Waals surface area (Å²) in [6.07, 6.45) is 0. The third-order valence-electron chi connectivity index (χ3n) is 5.02. The molecule has 3 rings (SSSR count). The number of hydrogen-bond donors (Lipinski definition) is 2. The van der Waals surface area contributed by atoms with E-state index in [9.17, 15) is 13.2 Å². The Morgan fingerprint density at radius 2 is 1.83 bits per heavy atom. The van der Waals surface area contributed by atoms with Crippen LogP contribution in [0.25, 0.3) is 0 Å². The number of methoxy groups -OCH3 is 1. The summed E-state index contributed by atoms with van der Waals surface area (Å²) >= 11 is 0. The molecule has 0 aliphatic carbocycles. The van der Waals surface area contributed by atoms with Gasteiger partial charge in [-0.1, -0.05) is 24.3 Å². The van der Waals surface area contributed by atoms with E-state index < -0.39 is 15.9 Å². The van der Waals surface area contributed by atoms with Crippen molar-refractivity contribution in [1.29, 1.82) is 0 Å². The summed E-state index contributed by atoms with van der Waals surface area (Å²) in [5.74, 6) is -0.107. The highest BCUT2D eigenvalue weighted by atomic mass is 32.2. The average Bonchev–Trinajstić information content (AvgIpc) is 2.78. The number of hydrogen-bond acceptors (Lipinski definition) is 6. The molecule has 1 heterocycles. The number of benzene rings is 2. The molecule has 1 saturated heterocycles. The van der Waals surface area contributed by atoms with Gasteiger partial charge in [0, 0.05) is 33.2 Å². The Labute approximate surface area is 177 Å². The third kappa shape index (κ3) is 5.37. The average molecular weight is 434 g/mol. The number of morpholine rings is 1. The topological polar surface area (TPSA) is 97.0 Å². The molecular weight excluding hydrogens is 406 g/mol. The molecule has 9 heteroatoms. The molecule has 30 heavy (non-hydrogen) atoms. The zero-order chi connectivity index (χ0) is 21.6. The van der Waals surface area contributed by atoms with Crippen molar-refractivity contribution in [2.45, 2.75) is 18.0 Å². The molecule has 1 aliphatic rings. The van der Waals surface area contributed by atoms with Crippen LogP contribution < -0.4 is 14.8 Å². The van der Waals surface area contributed by atoms with Gasteiger partial charge < -0.3 is 14.8 Å². The van der Waals surface area contributed by atoms with E-state index >= 15 is 0 Å². The first-order valence-corrected chi connectivity index (χ1v) is 11.2. The lowest BCUT2D eigenvalue weighted by Crippen LogP contribution is -2.36. The van der Waals surface area contributed by atoms with Gasteiger partial charge in [-0.3, -0.25) is 9.69 Å². The van der Waals surface area contributed by atoms with Gasteiger partial charge in [-0.25, -0.2) is 13.1 Å². The lowest BCUT2D eigenvalue weighted by atomic mass is 10.1. The van der Waals surface area contributed by atoms with Gasteiger partial charge in [0.15, 0.2) is 0 Å². The maximum Gasteiger partial charge on any atom is 0.254 e. The number of rotatable bonds is 8. The lowest BCUT2D eigenvalue weighted by Gasteiger charge is -2.27. The second kappa shape index (κ2) is 10.0. The molecule has 0 atom stereocenters. The van der Waals surface area contributed by atoms with Gasteiger partial charge in [0.05, 0.1) is 30.8 Å². The molecule has 0 unspecified atom stereocenters. The van der Waals surface area contributed by atoms with E-state index in [1.165, 1.54) is 32.4 Å². The van der Waals surface area contributed by atoms with E-state index in [2.05, 4.69) is 14.9 Å². The van der Waals surface area contributed by atoms with Gasteiger partial charge in [-0.2, -0.15) is 0 Å². The predicted octanol–water partition coefficient (Wildman–Crippen LogP) is 1.37. The second-order valence-corrected chi connectivity index (χ2v) is 8.69. The number of sulfonamides is 1. The normalized spacial score (nSPS) is 15.0. The van der Waals surface area contributed by atoms with E-state index in [-0.39, 0.29) is 17.0 Å². The van der Waals surface area contributed by atoms with Crippen LogP contribution in [0.2, 0.25) is 0 Å². The Morgan fingerprint density at radius 1 is 1.13 bits per heavy atom. The van der Waals surface area contributed by atoms with E-state index in [1.54, 1.807) is 0 Å². The fraction of sp³-hybridized carbons (Fsp3) is 0.381. The summed E-state index contributed by atoms with van der Waals surface area (Å²) in [6, 6.07) is 12.0. The minimum absolute atomic E-state index is 0.00700. The Morgan fingerprint density at radius 3 is 2.50 bits per heavy atom. The Bertz CT molecular complexity index is 988. The maximum atomic E-state index is 12.9. The van der Waals surface area contributed by atoms with Crippen LogP contribution in [0.15, 0.2) is 47.4 Å². The standard InChI is InChI=1S/C21H27N3O5S/c1-22-21(25)19-13-18(7-8-20(19)28-2)30(26,27)23-14-16-5-3-4-6-17(16)15-24-9-11-29-12-10-24/h3-8,13,23H,9-12,14-15H2,1-2H3,(H,22,25). The van der Waals surface area contributed by atoms with Crippen LogP contribution in [0.4, 0.5) is 0 Å². The lowest BCUT2D eigenvalue weighted by molar-refractivity contribution is 0.0341. The molecule has 1 fully saturated rings. The van der Waals surface area contributed by atoms with Crippen molar-refractivity contribution in [2.24, 2.45) is 0 Å². The monoisotopic (exact) mass is 433 g/mol. The Kier molecular flexibility index (Phi) is 7.43. The van der Waals surface area contributed by atoms with Gasteiger partial charge >= 0.3 is 0 Å². The number of carbonyl (C=O) groups excluding carboxylic acids is 1. The van der Waals surface area contributed by atoms with Crippen molar-refractivity contribution >= 4 is 15.9 Å². The predicted molar refractivity (Wildman–Crippen MR) is 113 cm³/mol. The molecule has 0 bridgehead atoms. The summed E-state index contributed by atoms with van der Waals surface area (Å²) in [7, 11) is -0.908. The minimum atomic E-state index is -3.82. The quantitative estimate of drug-likeness (QED) is 0.653. The van der Waals surface area contributed by atoms with E-state index in [0.29, 0.717) is 19.0 Å². The van der Waals surface area contributed by atoms with Crippen LogP contribution in [-0.2, 0) is 27.8 Å². The van der Waals surface area contributed by atoms with Crippen LogP contribution in [-0.4, -0.2) is 59.7 Å². The summed E-state index contributed by atoms with van der Waals surface area (Å²) in [6.45, 7) is 4.02. The molecule has 1 aliphatic heterocycles. The Balaban J connectivity index is 1.76. The molecule has 0 aromatic heterocycles. The number of amides is 1. The molecular formula is C21H27N3O5S. The van der Waals surface area contributed by atoms with Crippen LogP contribution in [0.1, 0.15) is 21.5 Å². The van der Waals surface area contributed by atoms with Crippen LogP contribution in [0.3, 0.4) is 0 Å². The highest BCUT2D eigenvalue weighted by Crippen LogP contribution is 2.23. The van der Waals surface area contributed by atoms with E-state index in [4.69, 9.17) is 9.47 Å². The highest BCUT2D eigenvalue weighted by molar-refractivity contribution is 7.89. The van der Waals surface area contributed by atoms with Gasteiger partial charge in [0.1, 0.15) is 5.75 Å². The number of carbonyl (C=O) groups is 1. The van der Waals surface area contributed by atoms with E-state index in [1.807, 2.05) is 24.3 Å². The Hall–Kier alpha value is -2.46. The molecule has 2 aromatic carbocycles. The van der Waals surface area contributed by atoms with Gasteiger partial charge in [0.25, 0.3) is 5.91 Å². The molecule has 0 saturated carbocycles. The smallest absolute Gasteiger partial charge is 0.254 e. The summed E-state index contributed by atoms with van der Waals surface area (Å²) in [5, 5.41) is 2.49. The van der Waals surface area contributed by atoms with Crippen LogP contribution >= 0.6 is 0 Å². The van der Waals surface area contributed by atoms with Gasteiger partial charge in [-0.05, 0) is 29.3 Å². The summed E-state index contributed by atoms with van der Waals surface area (Å²) in [5.41, 5.74) is 2.14. The molecule has 8 nitrogen and oxygen atoms in total. The van der Waals surface area contributed by atoms with Crippen molar-refractivity contribution in [1.82, 2.24) is 14.9 Å².